The quantitative estimate of drug-likeness (QED) is 0.219. The van der Waals surface area contributed by atoms with E-state index in [2.05, 4.69) is 116 Å². The number of hydrogen-bond acceptors (Lipinski definition) is 2. The van der Waals surface area contributed by atoms with Gasteiger partial charge < -0.3 is 9.97 Å². The van der Waals surface area contributed by atoms with E-state index in [-0.39, 0.29) is 10.8 Å². The fraction of sp³-hybridized carbons (Fsp3) is 0.235. The molecule has 5 heterocycles. The minimum Gasteiger partial charge on any atom is -0.355 e. The Kier molecular flexibility index (Phi) is 6.66. The van der Waals surface area contributed by atoms with Gasteiger partial charge in [-0.3, -0.25) is 0 Å². The molecule has 2 aliphatic rings. The van der Waals surface area contributed by atoms with Crippen LogP contribution in [0.5, 0.6) is 0 Å². The summed E-state index contributed by atoms with van der Waals surface area (Å²) in [6.07, 6.45) is 8.05. The lowest BCUT2D eigenvalue weighted by Crippen LogP contribution is -2.15. The van der Waals surface area contributed by atoms with Gasteiger partial charge in [0.2, 0.25) is 0 Å². The maximum atomic E-state index is 4.62. The van der Waals surface area contributed by atoms with Gasteiger partial charge in [-0.1, -0.05) is 65.8 Å². The van der Waals surface area contributed by atoms with Crippen LogP contribution in [0, 0.1) is 0 Å². The standard InChI is InChI=1S/C20H14N4.C14H22/c1-2-14-10-16-5-6-18(23-16)12-20-8-7-19(24-20)11-17-4-3-15(22-17)9-13(1)21-14;1-13(2,3)11-8-7-9-12(10-11)14(4,5)6/h1-12,21-22H;7-10H,1-6H3. The van der Waals surface area contributed by atoms with Crippen LogP contribution in [0.3, 0.4) is 0 Å². The van der Waals surface area contributed by atoms with Crippen LogP contribution in [0.15, 0.2) is 72.8 Å². The summed E-state index contributed by atoms with van der Waals surface area (Å²) < 4.78 is 0. The van der Waals surface area contributed by atoms with E-state index in [1.54, 1.807) is 0 Å². The molecule has 192 valence electrons. The minimum absolute atomic E-state index is 0.251. The summed E-state index contributed by atoms with van der Waals surface area (Å²) >= 11 is 0. The molecule has 0 amide bonds. The van der Waals surface area contributed by atoms with Crippen molar-refractivity contribution >= 4 is 46.4 Å². The average molecular weight is 501 g/mol. The van der Waals surface area contributed by atoms with E-state index in [9.17, 15) is 0 Å². The highest BCUT2D eigenvalue weighted by atomic mass is 14.8. The Hall–Kier alpha value is -4.18. The van der Waals surface area contributed by atoms with Crippen molar-refractivity contribution in [2.45, 2.75) is 52.4 Å². The van der Waals surface area contributed by atoms with Gasteiger partial charge in [-0.15, -0.1) is 0 Å². The zero-order valence-electron chi connectivity index (χ0n) is 23.1. The van der Waals surface area contributed by atoms with Crippen molar-refractivity contribution in [1.29, 1.82) is 0 Å². The summed E-state index contributed by atoms with van der Waals surface area (Å²) in [5.74, 6) is 0. The molecule has 8 bridgehead atoms. The maximum Gasteiger partial charge on any atom is 0.0659 e. The number of rotatable bonds is 0. The Morgan fingerprint density at radius 1 is 0.447 bits per heavy atom. The van der Waals surface area contributed by atoms with Crippen molar-refractivity contribution in [1.82, 2.24) is 19.9 Å². The molecule has 0 aliphatic carbocycles. The molecule has 0 unspecified atom stereocenters. The normalized spacial score (nSPS) is 12.8. The predicted molar refractivity (Wildman–Crippen MR) is 163 cm³/mol. The smallest absolute Gasteiger partial charge is 0.0659 e. The van der Waals surface area contributed by atoms with E-state index in [0.717, 1.165) is 44.8 Å². The fourth-order valence-corrected chi connectivity index (χ4v) is 4.40. The lowest BCUT2D eigenvalue weighted by Gasteiger charge is -2.24. The number of benzene rings is 1. The van der Waals surface area contributed by atoms with Gasteiger partial charge in [0, 0.05) is 22.1 Å². The zero-order chi connectivity index (χ0) is 26.9. The van der Waals surface area contributed by atoms with E-state index in [1.807, 2.05) is 42.5 Å². The molecule has 0 spiro atoms. The monoisotopic (exact) mass is 500 g/mol. The molecule has 0 fully saturated rings. The van der Waals surface area contributed by atoms with Crippen LogP contribution in [0.4, 0.5) is 0 Å². The molecule has 1 aromatic carbocycles. The number of nitrogens with one attached hydrogen (secondary N) is 2. The SMILES string of the molecule is C1=Cc2cc3ccc(cc4ccc(cc5nc(cc1n2)C=C5)[nH]4)[nH]3.CC(C)(C)c1cccc(C(C)(C)C)c1. The summed E-state index contributed by atoms with van der Waals surface area (Å²) in [5, 5.41) is 0. The van der Waals surface area contributed by atoms with E-state index >= 15 is 0 Å². The van der Waals surface area contributed by atoms with Crippen molar-refractivity contribution in [2.75, 3.05) is 0 Å². The molecule has 2 N–H and O–H groups in total. The highest BCUT2D eigenvalue weighted by Crippen LogP contribution is 2.28. The molecule has 4 aromatic rings. The summed E-state index contributed by atoms with van der Waals surface area (Å²) in [6, 6.07) is 25.3. The molecule has 6 rings (SSSR count). The molecule has 0 radical (unpaired) electrons. The van der Waals surface area contributed by atoms with Gasteiger partial charge >= 0.3 is 0 Å². The second-order valence-electron chi connectivity index (χ2n) is 12.0. The van der Waals surface area contributed by atoms with Crippen LogP contribution in [0.2, 0.25) is 0 Å². The molecular formula is C34H36N4. The first-order chi connectivity index (χ1) is 18.0. The molecule has 3 aromatic heterocycles. The lowest BCUT2D eigenvalue weighted by atomic mass is 9.81. The zero-order valence-corrected chi connectivity index (χ0v) is 23.1. The summed E-state index contributed by atoms with van der Waals surface area (Å²) in [7, 11) is 0. The predicted octanol–water partition coefficient (Wildman–Crippen LogP) is 8.94. The van der Waals surface area contributed by atoms with Gasteiger partial charge in [0.1, 0.15) is 0 Å². The molecule has 38 heavy (non-hydrogen) atoms. The van der Waals surface area contributed by atoms with Gasteiger partial charge in [0.25, 0.3) is 0 Å². The van der Waals surface area contributed by atoms with Gasteiger partial charge in [0.15, 0.2) is 0 Å². The third-order valence-corrected chi connectivity index (χ3v) is 6.64. The number of fused-ring (bicyclic) bond motifs is 8. The van der Waals surface area contributed by atoms with Gasteiger partial charge in [-0.05, 0) is 94.8 Å². The van der Waals surface area contributed by atoms with Gasteiger partial charge in [-0.2, -0.15) is 0 Å². The first kappa shape index (κ1) is 25.5. The summed E-state index contributed by atoms with van der Waals surface area (Å²) in [4.78, 5) is 16.0. The Bertz CT molecular complexity index is 1560. The second-order valence-corrected chi connectivity index (χ2v) is 12.0. The first-order valence-electron chi connectivity index (χ1n) is 13.2. The number of H-pyrrole nitrogens is 2. The van der Waals surface area contributed by atoms with E-state index in [4.69, 9.17) is 0 Å². The maximum absolute atomic E-state index is 4.62. The van der Waals surface area contributed by atoms with Crippen LogP contribution in [-0.2, 0) is 10.8 Å². The van der Waals surface area contributed by atoms with Gasteiger partial charge in [-0.25, -0.2) is 9.97 Å². The molecule has 2 aliphatic heterocycles. The molecular weight excluding hydrogens is 464 g/mol. The Morgan fingerprint density at radius 2 is 0.816 bits per heavy atom. The summed E-state index contributed by atoms with van der Waals surface area (Å²) in [6.45, 7) is 13.6. The minimum atomic E-state index is 0.251. The Labute approximate surface area is 225 Å². The first-order valence-corrected chi connectivity index (χ1v) is 13.2. The number of aromatic nitrogens is 4. The van der Waals surface area contributed by atoms with Crippen LogP contribution in [-0.4, -0.2) is 19.9 Å². The topological polar surface area (TPSA) is 57.4 Å². The van der Waals surface area contributed by atoms with Crippen molar-refractivity contribution in [2.24, 2.45) is 0 Å². The highest BCUT2D eigenvalue weighted by Gasteiger charge is 2.18. The number of nitrogens with zero attached hydrogens (tertiary/aromatic N) is 2. The van der Waals surface area contributed by atoms with Crippen LogP contribution in [0.1, 0.15) is 75.4 Å². The molecule has 4 nitrogen and oxygen atoms in total. The largest absolute Gasteiger partial charge is 0.355 e. The molecule has 0 saturated carbocycles. The molecule has 0 saturated heterocycles. The summed E-state index contributed by atoms with van der Waals surface area (Å²) in [5.41, 5.74) is 11.2. The van der Waals surface area contributed by atoms with Crippen molar-refractivity contribution in [3.05, 3.63) is 107 Å². The van der Waals surface area contributed by atoms with Gasteiger partial charge in [0.05, 0.1) is 22.8 Å². The molecule has 0 atom stereocenters. The van der Waals surface area contributed by atoms with Crippen molar-refractivity contribution in [3.8, 4) is 0 Å². The highest BCUT2D eigenvalue weighted by molar-refractivity contribution is 5.77. The van der Waals surface area contributed by atoms with E-state index < -0.39 is 0 Å². The van der Waals surface area contributed by atoms with E-state index in [0.29, 0.717) is 0 Å². The van der Waals surface area contributed by atoms with Crippen LogP contribution in [0.25, 0.3) is 46.4 Å². The third kappa shape index (κ3) is 6.20. The fourth-order valence-electron chi connectivity index (χ4n) is 4.40. The Balaban J connectivity index is 0.000000181. The number of aromatic amines is 2. The average Bonchev–Trinajstić information content (AvgIpc) is 3.65. The van der Waals surface area contributed by atoms with Crippen molar-refractivity contribution in [3.63, 3.8) is 0 Å². The molecule has 4 heteroatoms. The van der Waals surface area contributed by atoms with E-state index in [1.165, 1.54) is 11.1 Å². The van der Waals surface area contributed by atoms with Crippen molar-refractivity contribution < 1.29 is 0 Å². The second kappa shape index (κ2) is 9.94. The lowest BCUT2D eigenvalue weighted by molar-refractivity contribution is 0.568. The van der Waals surface area contributed by atoms with Crippen LogP contribution >= 0.6 is 0 Å². The number of hydrogen-bond donors (Lipinski definition) is 2. The third-order valence-electron chi connectivity index (χ3n) is 6.64. The van der Waals surface area contributed by atoms with Crippen LogP contribution < -0.4 is 0 Å². The Morgan fingerprint density at radius 3 is 1.21 bits per heavy atom.